The van der Waals surface area contributed by atoms with Gasteiger partial charge < -0.3 is 20.1 Å². The van der Waals surface area contributed by atoms with E-state index in [0.717, 1.165) is 5.56 Å². The standard InChI is InChI=1S/C23H26N2O2/c1-15(27)23(2,14-26)24-12-17-13-25(3)22-19(17)10-11-20-18-7-5-4-6-16(18)8-9-21(20)22/h4-11,13,15,24,26-27H,12,14H2,1-3H3/t15-,23+/m0/s1. The van der Waals surface area contributed by atoms with E-state index >= 15 is 0 Å². The topological polar surface area (TPSA) is 57.4 Å². The maximum absolute atomic E-state index is 9.98. The molecule has 4 nitrogen and oxygen atoms in total. The number of benzene rings is 3. The predicted molar refractivity (Wildman–Crippen MR) is 112 cm³/mol. The Morgan fingerprint density at radius 1 is 1.00 bits per heavy atom. The molecular weight excluding hydrogens is 336 g/mol. The summed E-state index contributed by atoms with van der Waals surface area (Å²) in [5, 5.41) is 29.2. The number of hydrogen-bond donors (Lipinski definition) is 3. The van der Waals surface area contributed by atoms with Gasteiger partial charge >= 0.3 is 0 Å². The first-order valence-corrected chi connectivity index (χ1v) is 9.37. The summed E-state index contributed by atoms with van der Waals surface area (Å²) in [6, 6.07) is 17.2. The summed E-state index contributed by atoms with van der Waals surface area (Å²) in [5.74, 6) is 0. The zero-order valence-electron chi connectivity index (χ0n) is 16.0. The Morgan fingerprint density at radius 3 is 2.44 bits per heavy atom. The van der Waals surface area contributed by atoms with Crippen LogP contribution in [0.3, 0.4) is 0 Å². The number of nitrogens with one attached hydrogen (secondary N) is 1. The maximum Gasteiger partial charge on any atom is 0.0713 e. The second-order valence-corrected chi connectivity index (χ2v) is 7.71. The Labute approximate surface area is 159 Å². The lowest BCUT2D eigenvalue weighted by Gasteiger charge is -2.31. The number of rotatable bonds is 5. The Bertz CT molecular complexity index is 1130. The van der Waals surface area contributed by atoms with Crippen LogP contribution in [-0.4, -0.2) is 33.0 Å². The lowest BCUT2D eigenvalue weighted by molar-refractivity contribution is 0.0404. The van der Waals surface area contributed by atoms with Gasteiger partial charge in [-0.25, -0.2) is 0 Å². The predicted octanol–water partition coefficient (Wildman–Crippen LogP) is 3.71. The third-order valence-electron chi connectivity index (χ3n) is 5.88. The second kappa shape index (κ2) is 6.64. The number of aliphatic hydroxyl groups is 2. The van der Waals surface area contributed by atoms with Crippen molar-refractivity contribution in [1.82, 2.24) is 9.88 Å². The van der Waals surface area contributed by atoms with E-state index in [2.05, 4.69) is 71.7 Å². The minimum atomic E-state index is -0.727. The Balaban J connectivity index is 1.83. The van der Waals surface area contributed by atoms with Crippen molar-refractivity contribution in [1.29, 1.82) is 0 Å². The molecule has 0 fully saturated rings. The monoisotopic (exact) mass is 362 g/mol. The first-order valence-electron chi connectivity index (χ1n) is 9.37. The van der Waals surface area contributed by atoms with E-state index in [1.807, 2.05) is 6.92 Å². The SMILES string of the molecule is C[C@H](O)[C@@](C)(CO)NCc1cn(C)c2c1ccc1c3ccccc3ccc12. The van der Waals surface area contributed by atoms with E-state index in [9.17, 15) is 10.2 Å². The molecule has 3 N–H and O–H groups in total. The third kappa shape index (κ3) is 2.90. The number of hydrogen-bond acceptors (Lipinski definition) is 3. The Morgan fingerprint density at radius 2 is 1.70 bits per heavy atom. The van der Waals surface area contributed by atoms with Gasteiger partial charge in [-0.3, -0.25) is 0 Å². The van der Waals surface area contributed by atoms with Gasteiger partial charge in [0.15, 0.2) is 0 Å². The highest BCUT2D eigenvalue weighted by atomic mass is 16.3. The zero-order valence-corrected chi connectivity index (χ0v) is 16.0. The van der Waals surface area contributed by atoms with E-state index in [1.165, 1.54) is 32.4 Å². The van der Waals surface area contributed by atoms with E-state index < -0.39 is 11.6 Å². The van der Waals surface area contributed by atoms with Gasteiger partial charge in [-0.05, 0) is 35.6 Å². The molecule has 1 aromatic heterocycles. The molecule has 0 aliphatic carbocycles. The van der Waals surface area contributed by atoms with Crippen molar-refractivity contribution < 1.29 is 10.2 Å². The summed E-state index contributed by atoms with van der Waals surface area (Å²) in [6.45, 7) is 4.00. The normalized spacial score (nSPS) is 15.4. The maximum atomic E-state index is 9.98. The molecule has 27 heavy (non-hydrogen) atoms. The third-order valence-corrected chi connectivity index (χ3v) is 5.88. The molecule has 0 saturated carbocycles. The number of nitrogens with zero attached hydrogens (tertiary/aromatic N) is 1. The van der Waals surface area contributed by atoms with Crippen LogP contribution in [0.15, 0.2) is 54.7 Å². The van der Waals surface area contributed by atoms with Gasteiger partial charge in [0.05, 0.1) is 23.8 Å². The second-order valence-electron chi connectivity index (χ2n) is 7.71. The summed E-state index contributed by atoms with van der Waals surface area (Å²) < 4.78 is 2.17. The van der Waals surface area contributed by atoms with Crippen LogP contribution in [-0.2, 0) is 13.6 Å². The average molecular weight is 362 g/mol. The minimum Gasteiger partial charge on any atom is -0.394 e. The summed E-state index contributed by atoms with van der Waals surface area (Å²) in [7, 11) is 2.07. The van der Waals surface area contributed by atoms with Crippen molar-refractivity contribution in [3.8, 4) is 0 Å². The summed E-state index contributed by atoms with van der Waals surface area (Å²) in [5.41, 5.74) is 1.63. The van der Waals surface area contributed by atoms with Crippen LogP contribution in [0.4, 0.5) is 0 Å². The highest BCUT2D eigenvalue weighted by molar-refractivity contribution is 6.16. The Kier molecular flexibility index (Phi) is 4.42. The van der Waals surface area contributed by atoms with Crippen molar-refractivity contribution in [2.75, 3.05) is 6.61 Å². The fourth-order valence-corrected chi connectivity index (χ4v) is 3.85. The molecule has 4 heteroatoms. The van der Waals surface area contributed by atoms with Crippen LogP contribution in [0, 0.1) is 0 Å². The summed E-state index contributed by atoms with van der Waals surface area (Å²) in [6.07, 6.45) is 1.48. The summed E-state index contributed by atoms with van der Waals surface area (Å²) in [4.78, 5) is 0. The lowest BCUT2D eigenvalue weighted by Crippen LogP contribution is -2.53. The molecular formula is C23H26N2O2. The van der Waals surface area contributed by atoms with Gasteiger partial charge in [0, 0.05) is 30.6 Å². The molecule has 140 valence electrons. The van der Waals surface area contributed by atoms with Gasteiger partial charge in [-0.2, -0.15) is 0 Å². The highest BCUT2D eigenvalue weighted by Crippen LogP contribution is 2.33. The summed E-state index contributed by atoms with van der Waals surface area (Å²) >= 11 is 0. The molecule has 4 rings (SSSR count). The number of fused-ring (bicyclic) bond motifs is 5. The number of aromatic nitrogens is 1. The molecule has 0 amide bonds. The largest absolute Gasteiger partial charge is 0.394 e. The minimum absolute atomic E-state index is 0.121. The van der Waals surface area contributed by atoms with Crippen LogP contribution < -0.4 is 5.32 Å². The smallest absolute Gasteiger partial charge is 0.0713 e. The van der Waals surface area contributed by atoms with Crippen LogP contribution in [0.5, 0.6) is 0 Å². The molecule has 2 atom stereocenters. The molecule has 0 aliphatic heterocycles. The van der Waals surface area contributed by atoms with E-state index in [0.29, 0.717) is 6.54 Å². The number of aryl methyl sites for hydroxylation is 1. The molecule has 1 heterocycles. The van der Waals surface area contributed by atoms with Crippen molar-refractivity contribution in [2.24, 2.45) is 7.05 Å². The average Bonchev–Trinajstić information content (AvgIpc) is 3.01. The molecule has 0 aliphatic rings. The highest BCUT2D eigenvalue weighted by Gasteiger charge is 2.28. The van der Waals surface area contributed by atoms with Crippen molar-refractivity contribution in [3.63, 3.8) is 0 Å². The Hall–Kier alpha value is -2.40. The van der Waals surface area contributed by atoms with E-state index in [4.69, 9.17) is 0 Å². The quantitative estimate of drug-likeness (QED) is 0.475. The van der Waals surface area contributed by atoms with E-state index in [1.54, 1.807) is 6.92 Å². The van der Waals surface area contributed by atoms with Gasteiger partial charge in [-0.15, -0.1) is 0 Å². The molecule has 0 radical (unpaired) electrons. The van der Waals surface area contributed by atoms with E-state index in [-0.39, 0.29) is 6.61 Å². The fourth-order valence-electron chi connectivity index (χ4n) is 3.85. The van der Waals surface area contributed by atoms with Crippen molar-refractivity contribution >= 4 is 32.4 Å². The molecule has 3 aromatic carbocycles. The van der Waals surface area contributed by atoms with Crippen molar-refractivity contribution in [3.05, 3.63) is 60.3 Å². The number of aliphatic hydroxyl groups excluding tert-OH is 2. The molecule has 0 saturated heterocycles. The molecule has 4 aromatic rings. The van der Waals surface area contributed by atoms with Crippen LogP contribution in [0.1, 0.15) is 19.4 Å². The first-order chi connectivity index (χ1) is 12.9. The van der Waals surface area contributed by atoms with Gasteiger partial charge in [0.25, 0.3) is 0 Å². The first kappa shape index (κ1) is 18.0. The van der Waals surface area contributed by atoms with Crippen molar-refractivity contribution in [2.45, 2.75) is 32.0 Å². The van der Waals surface area contributed by atoms with Gasteiger partial charge in [0.1, 0.15) is 0 Å². The fraction of sp³-hybridized carbons (Fsp3) is 0.304. The van der Waals surface area contributed by atoms with Crippen LogP contribution in [0.2, 0.25) is 0 Å². The molecule has 0 unspecified atom stereocenters. The molecule has 0 bridgehead atoms. The van der Waals surface area contributed by atoms with Gasteiger partial charge in [0.2, 0.25) is 0 Å². The molecule has 0 spiro atoms. The van der Waals surface area contributed by atoms with Gasteiger partial charge in [-0.1, -0.05) is 48.5 Å². The zero-order chi connectivity index (χ0) is 19.2. The van der Waals surface area contributed by atoms with Crippen LogP contribution >= 0.6 is 0 Å². The lowest BCUT2D eigenvalue weighted by atomic mass is 9.96. The van der Waals surface area contributed by atoms with Crippen LogP contribution in [0.25, 0.3) is 32.4 Å².